The fourth-order valence-corrected chi connectivity index (χ4v) is 6.22. The minimum atomic E-state index is -0.596. The summed E-state index contributed by atoms with van der Waals surface area (Å²) in [6.45, 7) is 12.4. The van der Waals surface area contributed by atoms with Crippen LogP contribution in [-0.2, 0) is 22.5 Å². The van der Waals surface area contributed by atoms with Gasteiger partial charge in [-0.15, -0.1) is 0 Å². The number of aryl methyl sites for hydroxylation is 1. The quantitative estimate of drug-likeness (QED) is 0.109. The SMILES string of the molecule is CCCCN(C(=O)OC(C)(C)C)[C@@H](C)c1ccc(-n2cc3cc(-c4cc(CCC[C@H](C)NC(=O)OCc5ccccc5)cc(Cl)n4)[nH]c3nc2=O)cc1. The average molecular weight is 741 g/mol. The fourth-order valence-electron chi connectivity index (χ4n) is 5.99. The maximum Gasteiger partial charge on any atom is 0.410 e. The van der Waals surface area contributed by atoms with Crippen LogP contribution in [0.15, 0.2) is 83.8 Å². The van der Waals surface area contributed by atoms with E-state index in [1.807, 2.05) is 107 Å². The summed E-state index contributed by atoms with van der Waals surface area (Å²) in [6.07, 6.45) is 5.06. The first-order chi connectivity index (χ1) is 25.3. The highest BCUT2D eigenvalue weighted by atomic mass is 35.5. The van der Waals surface area contributed by atoms with Gasteiger partial charge in [-0.05, 0) is 107 Å². The maximum absolute atomic E-state index is 13.2. The van der Waals surface area contributed by atoms with E-state index in [0.717, 1.165) is 54.2 Å². The van der Waals surface area contributed by atoms with Gasteiger partial charge in [-0.3, -0.25) is 4.57 Å². The van der Waals surface area contributed by atoms with Crippen LogP contribution in [0.3, 0.4) is 0 Å². The van der Waals surface area contributed by atoms with E-state index in [-0.39, 0.29) is 24.8 Å². The van der Waals surface area contributed by atoms with Crippen molar-refractivity contribution in [3.63, 3.8) is 0 Å². The molecule has 3 aromatic heterocycles. The molecule has 0 aliphatic rings. The molecule has 2 amide bonds. The first kappa shape index (κ1) is 39.1. The minimum absolute atomic E-state index is 0.0693. The number of benzene rings is 2. The maximum atomic E-state index is 13.2. The number of H-pyrrole nitrogens is 1. The van der Waals surface area contributed by atoms with Crippen molar-refractivity contribution < 1.29 is 19.1 Å². The Morgan fingerprint density at radius 2 is 1.72 bits per heavy atom. The predicted octanol–water partition coefficient (Wildman–Crippen LogP) is 9.17. The number of unbranched alkanes of at least 4 members (excludes halogenated alkanes) is 1. The minimum Gasteiger partial charge on any atom is -0.445 e. The Morgan fingerprint density at radius 1 is 0.981 bits per heavy atom. The van der Waals surface area contributed by atoms with Gasteiger partial charge < -0.3 is 24.7 Å². The van der Waals surface area contributed by atoms with Crippen molar-refractivity contribution in [2.75, 3.05) is 6.54 Å². The molecule has 12 heteroatoms. The first-order valence-corrected chi connectivity index (χ1v) is 18.5. The lowest BCUT2D eigenvalue weighted by Gasteiger charge is -2.32. The van der Waals surface area contributed by atoms with Gasteiger partial charge >= 0.3 is 17.9 Å². The lowest BCUT2D eigenvalue weighted by molar-refractivity contribution is 0.0170. The molecule has 0 saturated carbocycles. The third-order valence-corrected chi connectivity index (χ3v) is 9.01. The summed E-state index contributed by atoms with van der Waals surface area (Å²) in [5.41, 5.74) is 4.24. The van der Waals surface area contributed by atoms with E-state index in [1.54, 1.807) is 11.1 Å². The van der Waals surface area contributed by atoms with Gasteiger partial charge in [0.15, 0.2) is 0 Å². The van der Waals surface area contributed by atoms with E-state index in [9.17, 15) is 14.4 Å². The zero-order valence-corrected chi connectivity index (χ0v) is 32.1. The largest absolute Gasteiger partial charge is 0.445 e. The number of alkyl carbamates (subject to hydrolysis) is 1. The van der Waals surface area contributed by atoms with Crippen LogP contribution >= 0.6 is 11.6 Å². The third-order valence-electron chi connectivity index (χ3n) is 8.82. The Bertz CT molecular complexity index is 2060. The Morgan fingerprint density at radius 3 is 2.42 bits per heavy atom. The van der Waals surface area contributed by atoms with Gasteiger partial charge in [-0.2, -0.15) is 4.98 Å². The number of halogens is 1. The van der Waals surface area contributed by atoms with Gasteiger partial charge in [0.05, 0.1) is 23.1 Å². The number of carbonyl (C=O) groups excluding carboxylic acids is 2. The van der Waals surface area contributed by atoms with E-state index in [0.29, 0.717) is 34.4 Å². The number of hydrogen-bond acceptors (Lipinski definition) is 7. The molecule has 5 aromatic rings. The summed E-state index contributed by atoms with van der Waals surface area (Å²) in [7, 11) is 0. The number of rotatable bonds is 14. The average Bonchev–Trinajstić information content (AvgIpc) is 3.53. The Labute approximate surface area is 315 Å². The molecule has 0 saturated heterocycles. The summed E-state index contributed by atoms with van der Waals surface area (Å²) >= 11 is 6.45. The van der Waals surface area contributed by atoms with Crippen LogP contribution in [0.4, 0.5) is 9.59 Å². The Hall–Kier alpha value is -5.16. The van der Waals surface area contributed by atoms with E-state index < -0.39 is 17.4 Å². The summed E-state index contributed by atoms with van der Waals surface area (Å²) in [4.78, 5) is 52.3. The molecule has 0 unspecified atom stereocenters. The monoisotopic (exact) mass is 740 g/mol. The van der Waals surface area contributed by atoms with Crippen LogP contribution in [0.25, 0.3) is 28.1 Å². The molecule has 2 aromatic carbocycles. The molecule has 0 fully saturated rings. The van der Waals surface area contributed by atoms with E-state index in [2.05, 4.69) is 27.2 Å². The number of aromatic amines is 1. The molecule has 0 spiro atoms. The number of aromatic nitrogens is 4. The van der Waals surface area contributed by atoms with Crippen LogP contribution in [0.5, 0.6) is 0 Å². The van der Waals surface area contributed by atoms with Gasteiger partial charge in [-0.25, -0.2) is 19.4 Å². The molecular weight excluding hydrogens is 692 g/mol. The third kappa shape index (κ3) is 10.9. The van der Waals surface area contributed by atoms with Crippen molar-refractivity contribution in [2.24, 2.45) is 0 Å². The zero-order valence-electron chi connectivity index (χ0n) is 31.3. The van der Waals surface area contributed by atoms with E-state index in [4.69, 9.17) is 21.1 Å². The van der Waals surface area contributed by atoms with E-state index >= 15 is 0 Å². The smallest absolute Gasteiger partial charge is 0.410 e. The van der Waals surface area contributed by atoms with Crippen molar-refractivity contribution in [1.82, 2.24) is 29.7 Å². The number of nitrogens with one attached hydrogen (secondary N) is 2. The number of amides is 2. The lowest BCUT2D eigenvalue weighted by atomic mass is 10.1. The fraction of sp³-hybridized carbons (Fsp3) is 0.390. The second-order valence-corrected chi connectivity index (χ2v) is 14.7. The molecule has 2 N–H and O–H groups in total. The molecule has 2 atom stereocenters. The van der Waals surface area contributed by atoms with Gasteiger partial charge in [0.1, 0.15) is 23.0 Å². The Kier molecular flexibility index (Phi) is 12.9. The highest BCUT2D eigenvalue weighted by molar-refractivity contribution is 6.29. The molecule has 11 nitrogen and oxygen atoms in total. The van der Waals surface area contributed by atoms with Gasteiger partial charge in [0, 0.05) is 24.2 Å². The van der Waals surface area contributed by atoms with Crippen molar-refractivity contribution in [3.8, 4) is 17.1 Å². The van der Waals surface area contributed by atoms with Gasteiger partial charge in [0.25, 0.3) is 0 Å². The number of fused-ring (bicyclic) bond motifs is 1. The highest BCUT2D eigenvalue weighted by Gasteiger charge is 2.26. The molecule has 0 aliphatic heterocycles. The first-order valence-electron chi connectivity index (χ1n) is 18.2. The van der Waals surface area contributed by atoms with Crippen LogP contribution in [0.1, 0.15) is 90.0 Å². The predicted molar refractivity (Wildman–Crippen MR) is 208 cm³/mol. The van der Waals surface area contributed by atoms with Gasteiger partial charge in [-0.1, -0.05) is 67.4 Å². The van der Waals surface area contributed by atoms with Crippen molar-refractivity contribution >= 4 is 34.8 Å². The molecule has 0 radical (unpaired) electrons. The molecular formula is C41H49ClN6O5. The Balaban J connectivity index is 1.24. The lowest BCUT2D eigenvalue weighted by Crippen LogP contribution is -2.39. The van der Waals surface area contributed by atoms with Gasteiger partial charge in [0.2, 0.25) is 0 Å². The molecule has 3 heterocycles. The summed E-state index contributed by atoms with van der Waals surface area (Å²) in [5, 5.41) is 3.98. The standard InChI is InChI=1S/C41H49ClN6O5/c1-7-8-21-47(40(51)53-41(4,5)6)28(3)31-17-19-33(20-18-31)48-25-32-24-35(45-37(32)46-38(48)49)34-22-30(23-36(42)44-34)16-12-13-27(2)43-39(50)52-26-29-14-10-9-11-15-29/h9-11,14-15,17-20,22-25,27-28H,7-8,12-13,16,21,26H2,1-6H3,(H,43,50)(H,45,46,49)/t27-,28-/m0/s1. The number of carbonyl (C=O) groups is 2. The van der Waals surface area contributed by atoms with Crippen LogP contribution in [0.2, 0.25) is 5.15 Å². The van der Waals surface area contributed by atoms with Crippen LogP contribution < -0.4 is 11.0 Å². The number of nitrogens with zero attached hydrogens (tertiary/aromatic N) is 4. The summed E-state index contributed by atoms with van der Waals surface area (Å²) in [6, 6.07) is 22.5. The van der Waals surface area contributed by atoms with Crippen molar-refractivity contribution in [1.29, 1.82) is 0 Å². The van der Waals surface area contributed by atoms with Crippen LogP contribution in [-0.4, -0.2) is 54.8 Å². The molecule has 280 valence electrons. The van der Waals surface area contributed by atoms with E-state index in [1.165, 1.54) is 4.57 Å². The number of ether oxygens (including phenoxy) is 2. The molecule has 0 aliphatic carbocycles. The summed E-state index contributed by atoms with van der Waals surface area (Å²) < 4.78 is 12.5. The summed E-state index contributed by atoms with van der Waals surface area (Å²) in [5.74, 6) is 0. The number of pyridine rings is 1. The second-order valence-electron chi connectivity index (χ2n) is 14.4. The highest BCUT2D eigenvalue weighted by Crippen LogP contribution is 2.27. The number of hydrogen-bond donors (Lipinski definition) is 2. The molecule has 5 rings (SSSR count). The molecule has 53 heavy (non-hydrogen) atoms. The topological polar surface area (TPSA) is 131 Å². The normalized spacial score (nSPS) is 12.7. The zero-order chi connectivity index (χ0) is 38.1. The van der Waals surface area contributed by atoms with Crippen molar-refractivity contribution in [2.45, 2.75) is 97.9 Å². The molecule has 0 bridgehead atoms. The second kappa shape index (κ2) is 17.6. The van der Waals surface area contributed by atoms with Crippen molar-refractivity contribution in [3.05, 3.63) is 111 Å². The van der Waals surface area contributed by atoms with Crippen LogP contribution in [0, 0.1) is 0 Å².